The second-order valence-electron chi connectivity index (χ2n) is 16.7. The molecule has 342 valence electrons. The third-order valence-electron chi connectivity index (χ3n) is 12.4. The van der Waals surface area contributed by atoms with E-state index in [1.807, 2.05) is 60.7 Å². The van der Waals surface area contributed by atoms with Crippen LogP contribution in [0.5, 0.6) is 0 Å². The number of rotatable bonds is 16. The van der Waals surface area contributed by atoms with Crippen molar-refractivity contribution in [3.63, 3.8) is 0 Å². The number of amides is 1. The zero-order chi connectivity index (χ0) is 44.5. The van der Waals surface area contributed by atoms with Crippen LogP contribution >= 0.6 is 33.3 Å². The summed E-state index contributed by atoms with van der Waals surface area (Å²) in [5.41, 5.74) is 1.09. The number of nitrogens with zero attached hydrogens (tertiary/aromatic N) is 2. The lowest BCUT2D eigenvalue weighted by molar-refractivity contribution is -0.274. The lowest BCUT2D eigenvalue weighted by Gasteiger charge is -2.44. The van der Waals surface area contributed by atoms with E-state index in [0.717, 1.165) is 16.3 Å². The van der Waals surface area contributed by atoms with Crippen molar-refractivity contribution >= 4 is 56.8 Å². The van der Waals surface area contributed by atoms with Gasteiger partial charge in [0.2, 0.25) is 5.79 Å². The van der Waals surface area contributed by atoms with Crippen molar-refractivity contribution in [2.24, 2.45) is 23.7 Å². The van der Waals surface area contributed by atoms with E-state index in [-0.39, 0.29) is 29.9 Å². The van der Waals surface area contributed by atoms with Crippen molar-refractivity contribution in [3.8, 4) is 0 Å². The number of aromatic nitrogens is 1. The molecule has 2 N–H and O–H groups in total. The minimum atomic E-state index is -2.46. The largest absolute Gasteiger partial charge is 0.456 e. The van der Waals surface area contributed by atoms with E-state index in [1.165, 1.54) is 4.90 Å². The average molecular weight is 915 g/mol. The van der Waals surface area contributed by atoms with Crippen molar-refractivity contribution in [2.45, 2.75) is 126 Å². The van der Waals surface area contributed by atoms with Crippen molar-refractivity contribution in [1.29, 1.82) is 0 Å². The number of aliphatic hydroxyl groups is 2. The van der Waals surface area contributed by atoms with Gasteiger partial charge in [0.05, 0.1) is 38.6 Å². The summed E-state index contributed by atoms with van der Waals surface area (Å²) in [5, 5.41) is 24.3. The second-order valence-corrected chi connectivity index (χ2v) is 20.5. The third-order valence-corrected chi connectivity index (χ3v) is 15.8. The molecule has 5 rings (SSSR count). The first-order valence-electron chi connectivity index (χ1n) is 22.3. The molecule has 62 heavy (non-hydrogen) atoms. The van der Waals surface area contributed by atoms with Crippen molar-refractivity contribution in [2.75, 3.05) is 44.5 Å². The Hall–Kier alpha value is -2.76. The van der Waals surface area contributed by atoms with Crippen LogP contribution in [0, 0.1) is 23.7 Å². The van der Waals surface area contributed by atoms with Crippen molar-refractivity contribution in [1.82, 2.24) is 9.88 Å². The molecule has 1 aromatic carbocycles. The topological polar surface area (TPSA) is 162 Å². The number of esters is 1. The molecular weight excluding hydrogens is 849 g/mol. The van der Waals surface area contributed by atoms with Crippen LogP contribution in [0.2, 0.25) is 0 Å². The molecule has 12 nitrogen and oxygen atoms in total. The number of pyridine rings is 1. The number of fused-ring (bicyclic) bond motifs is 3. The van der Waals surface area contributed by atoms with E-state index >= 15 is 0 Å². The zero-order valence-corrected chi connectivity index (χ0v) is 39.1. The van der Waals surface area contributed by atoms with E-state index in [9.17, 15) is 29.4 Å². The molecule has 4 heterocycles. The van der Waals surface area contributed by atoms with E-state index in [1.54, 1.807) is 60.3 Å². The fourth-order valence-corrected chi connectivity index (χ4v) is 11.1. The summed E-state index contributed by atoms with van der Waals surface area (Å²) in [4.78, 5) is 61.8. The van der Waals surface area contributed by atoms with Gasteiger partial charge in [0.25, 0.3) is 11.7 Å². The maximum absolute atomic E-state index is 14.2. The van der Waals surface area contributed by atoms with Crippen LogP contribution in [0.3, 0.4) is 0 Å². The highest BCUT2D eigenvalue weighted by Gasteiger charge is 2.54. The Morgan fingerprint density at radius 3 is 2.40 bits per heavy atom. The molecule has 3 aliphatic rings. The van der Waals surface area contributed by atoms with Gasteiger partial charge in [0.15, 0.2) is 0 Å². The predicted molar refractivity (Wildman–Crippen MR) is 245 cm³/mol. The molecule has 1 amide bonds. The molecule has 0 aliphatic carbocycles. The molecule has 2 fully saturated rings. The molecule has 0 radical (unpaired) electrons. The van der Waals surface area contributed by atoms with E-state index in [2.05, 4.69) is 11.9 Å². The Balaban J connectivity index is 1.31. The number of thioether (sulfide) groups is 1. The monoisotopic (exact) mass is 914 g/mol. The molecule has 15 heteroatoms. The first-order chi connectivity index (χ1) is 29.9. The number of hydrogen-bond donors (Lipinski definition) is 2. The Labute approximate surface area is 379 Å². The molecule has 2 saturated heterocycles. The number of Topliss-reactive ketones (excluding diaryl/α,β-unsaturated/α-hetero) is 2. The van der Waals surface area contributed by atoms with Crippen LogP contribution in [0.4, 0.5) is 0 Å². The van der Waals surface area contributed by atoms with E-state index in [4.69, 9.17) is 18.9 Å². The molecule has 2 bridgehead atoms. The smallest absolute Gasteiger partial charge is 0.329 e. The summed E-state index contributed by atoms with van der Waals surface area (Å²) < 4.78 is 24.1. The summed E-state index contributed by atoms with van der Waals surface area (Å²) in [5.74, 6) is -6.06. The maximum atomic E-state index is 14.2. The fraction of sp³-hybridized carbons (Fsp3) is 0.638. The van der Waals surface area contributed by atoms with Gasteiger partial charge in [-0.3, -0.25) is 14.4 Å². The Kier molecular flexibility index (Phi) is 20.8. The van der Waals surface area contributed by atoms with Crippen LogP contribution in [0.1, 0.15) is 84.6 Å². The third kappa shape index (κ3) is 14.4. The van der Waals surface area contributed by atoms with Gasteiger partial charge in [-0.25, -0.2) is 9.78 Å². The normalized spacial score (nSPS) is 30.4. The van der Waals surface area contributed by atoms with Gasteiger partial charge in [-0.15, -0.1) is 0 Å². The highest BCUT2D eigenvalue weighted by molar-refractivity contribution is 8.76. The quantitative estimate of drug-likeness (QED) is 0.0575. The number of allylic oxidation sites excluding steroid dienone is 1. The summed E-state index contributed by atoms with van der Waals surface area (Å²) >= 11 is 1.62. The van der Waals surface area contributed by atoms with Gasteiger partial charge in [-0.1, -0.05) is 81.0 Å². The highest BCUT2D eigenvalue weighted by Crippen LogP contribution is 2.39. The maximum Gasteiger partial charge on any atom is 0.329 e. The Morgan fingerprint density at radius 2 is 1.68 bits per heavy atom. The van der Waals surface area contributed by atoms with Crippen LogP contribution in [-0.4, -0.2) is 123 Å². The minimum absolute atomic E-state index is 0.103. The van der Waals surface area contributed by atoms with E-state index in [0.29, 0.717) is 83.5 Å². The predicted octanol–water partition coefficient (Wildman–Crippen LogP) is 7.14. The average Bonchev–Trinajstić information content (AvgIpc) is 3.29. The number of ether oxygens (including phenoxy) is 4. The van der Waals surface area contributed by atoms with Gasteiger partial charge in [0, 0.05) is 59.6 Å². The summed E-state index contributed by atoms with van der Waals surface area (Å²) in [6.45, 7) is 9.31. The van der Waals surface area contributed by atoms with Crippen LogP contribution in [0.15, 0.2) is 71.9 Å². The van der Waals surface area contributed by atoms with Crippen LogP contribution < -0.4 is 0 Å². The second kappa shape index (κ2) is 25.7. The SMILES string of the molecule is CC[C@H](Cc1ccccc1)[C@@H]1/C=C/CC(SCCOCCOCCSSc2ccccn2)CC(=O)[C@@H](C)[C@H](O)[C@@H](C)[C@@H]2CC[C@@H](C)[C@@](O)(O2)C(=O)C(=O)N2CCCC[C@H]2C(=O)O1. The first-order valence-corrected chi connectivity index (χ1v) is 25.6. The summed E-state index contributed by atoms with van der Waals surface area (Å²) in [7, 11) is 3.31. The lowest BCUT2D eigenvalue weighted by atomic mass is 9.79. The molecule has 2 aromatic rings. The molecule has 0 saturated carbocycles. The fourth-order valence-electron chi connectivity index (χ4n) is 8.32. The summed E-state index contributed by atoms with van der Waals surface area (Å²) in [6.07, 6.45) is 7.47. The molecular formula is C47H66N2O10S3. The highest BCUT2D eigenvalue weighted by atomic mass is 33.1. The first kappa shape index (κ1) is 50.2. The lowest BCUT2D eigenvalue weighted by Crippen LogP contribution is -2.61. The van der Waals surface area contributed by atoms with Gasteiger partial charge in [-0.2, -0.15) is 11.8 Å². The van der Waals surface area contributed by atoms with Gasteiger partial charge < -0.3 is 34.1 Å². The molecule has 1 aromatic heterocycles. The summed E-state index contributed by atoms with van der Waals surface area (Å²) in [6, 6.07) is 14.8. The van der Waals surface area contributed by atoms with Gasteiger partial charge in [-0.05, 0) is 85.9 Å². The molecule has 1 unspecified atom stereocenters. The van der Waals surface area contributed by atoms with Crippen molar-refractivity contribution in [3.05, 3.63) is 72.4 Å². The molecule has 0 spiro atoms. The number of hydrogen-bond acceptors (Lipinski definition) is 14. The van der Waals surface area contributed by atoms with Crippen LogP contribution in [0.25, 0.3) is 0 Å². The molecule has 3 aliphatic heterocycles. The van der Waals surface area contributed by atoms with E-state index < -0.39 is 65.6 Å². The number of carbonyl (C=O) groups excluding carboxylic acids is 4. The zero-order valence-electron chi connectivity index (χ0n) is 36.6. The number of aliphatic hydroxyl groups excluding tert-OH is 1. The number of piperidine rings is 1. The van der Waals surface area contributed by atoms with Crippen LogP contribution in [-0.2, 0) is 44.5 Å². The number of ketones is 2. The minimum Gasteiger partial charge on any atom is -0.456 e. The number of cyclic esters (lactones) is 1. The Bertz CT molecular complexity index is 1740. The molecule has 10 atom stereocenters. The Morgan fingerprint density at radius 1 is 0.935 bits per heavy atom. The van der Waals surface area contributed by atoms with Gasteiger partial charge in [0.1, 0.15) is 23.0 Å². The standard InChI is InChI=1S/C47H66N2O10S3/c1-5-36(30-35-14-7-6-8-15-35)41-18-13-16-37(60-28-26-56-24-25-57-27-29-61-62-42-19-9-11-22-48-42)31-39(50)33(3)43(51)34(4)40-21-20-32(2)47(55,59-40)44(52)45(53)49-23-12-10-17-38(49)46(54)58-41/h6-9,11,13-15,18-19,22,32-34,36-38,40-41,43,51,55H,5,10,12,16-17,20-21,23-31H2,1-4H3/b18-13+/t32-,33-,34+,36-,37?,38+,40+,41+,43+,47-/m1/s1. The van der Waals surface area contributed by atoms with Crippen molar-refractivity contribution < 1.29 is 48.3 Å². The number of carbonyl (C=O) groups is 4. The number of benzene rings is 1. The van der Waals surface area contributed by atoms with Gasteiger partial charge >= 0.3 is 5.97 Å².